The van der Waals surface area contributed by atoms with Gasteiger partial charge in [-0.3, -0.25) is 0 Å². The lowest BCUT2D eigenvalue weighted by Crippen LogP contribution is -2.01. The van der Waals surface area contributed by atoms with Gasteiger partial charge in [0, 0.05) is 6.08 Å². The Morgan fingerprint density at radius 2 is 2.04 bits per heavy atom. The quantitative estimate of drug-likeness (QED) is 0.215. The number of benzene rings is 2. The number of terminal acetylenes is 1. The Balaban J connectivity index is 2.15. The van der Waals surface area contributed by atoms with Crippen molar-refractivity contribution in [1.82, 2.24) is 0 Å². The first kappa shape index (κ1) is 21.4. The highest BCUT2D eigenvalue weighted by Gasteiger charge is 2.12. The number of esters is 1. The first-order valence-electron chi connectivity index (χ1n) is 7.67. The summed E-state index contributed by atoms with van der Waals surface area (Å²) >= 11 is 14.1. The first-order chi connectivity index (χ1) is 12.9. The van der Waals surface area contributed by atoms with Gasteiger partial charge in [-0.05, 0) is 64.1 Å². The van der Waals surface area contributed by atoms with Crippen molar-refractivity contribution in [2.75, 3.05) is 13.7 Å². The Kier molecular flexibility index (Phi) is 8.29. The van der Waals surface area contributed by atoms with Crippen LogP contribution in [0.5, 0.6) is 11.5 Å². The van der Waals surface area contributed by atoms with Gasteiger partial charge in [0.2, 0.25) is 0 Å². The second kappa shape index (κ2) is 10.5. The molecule has 2 rings (SSSR count). The van der Waals surface area contributed by atoms with Crippen LogP contribution in [0.4, 0.5) is 0 Å². The van der Waals surface area contributed by atoms with Gasteiger partial charge in [0.15, 0.2) is 18.1 Å². The molecule has 0 aromatic heterocycles. The van der Waals surface area contributed by atoms with Crippen LogP contribution in [0.25, 0.3) is 6.08 Å². The largest absolute Gasteiger partial charge is 0.493 e. The zero-order valence-corrected chi connectivity index (χ0v) is 18.0. The average molecular weight is 517 g/mol. The lowest BCUT2D eigenvalue weighted by atomic mass is 10.2. The lowest BCUT2D eigenvalue weighted by Gasteiger charge is -2.14. The second-order valence-corrected chi connectivity index (χ2v) is 7.19. The fraction of sp³-hybridized carbons (Fsp3) is 0.150. The van der Waals surface area contributed by atoms with Crippen LogP contribution in [0.15, 0.2) is 36.4 Å². The van der Waals surface area contributed by atoms with E-state index in [2.05, 4.69) is 28.5 Å². The number of rotatable bonds is 7. The van der Waals surface area contributed by atoms with E-state index in [1.807, 2.05) is 12.1 Å². The van der Waals surface area contributed by atoms with Gasteiger partial charge in [0.05, 0.1) is 20.7 Å². The maximum atomic E-state index is 11.5. The molecule has 0 aliphatic rings. The van der Waals surface area contributed by atoms with Crippen LogP contribution in [0.3, 0.4) is 0 Å². The monoisotopic (exact) mass is 516 g/mol. The molecule has 0 saturated heterocycles. The standard InChI is InChI=1S/C20H15Cl2IO4/c1-3-8-26-19(24)7-5-13-10-17(23)20(18(11-13)25-2)27-12-14-4-6-15(21)16(22)9-14/h1,4-7,9-11H,8,12H2,2H3/b7-5+. The minimum Gasteiger partial charge on any atom is -0.493 e. The summed E-state index contributed by atoms with van der Waals surface area (Å²) in [6.45, 7) is 0.238. The van der Waals surface area contributed by atoms with Crippen molar-refractivity contribution in [3.8, 4) is 23.8 Å². The Bertz CT molecular complexity index is 904. The van der Waals surface area contributed by atoms with Crippen LogP contribution in [0.1, 0.15) is 11.1 Å². The summed E-state index contributed by atoms with van der Waals surface area (Å²) in [4.78, 5) is 11.5. The van der Waals surface area contributed by atoms with Crippen LogP contribution in [-0.4, -0.2) is 19.7 Å². The molecule has 2 aromatic rings. The van der Waals surface area contributed by atoms with Gasteiger partial charge in [0.25, 0.3) is 0 Å². The van der Waals surface area contributed by atoms with E-state index < -0.39 is 5.97 Å². The van der Waals surface area contributed by atoms with E-state index in [1.54, 1.807) is 31.4 Å². The molecule has 0 unspecified atom stereocenters. The van der Waals surface area contributed by atoms with Gasteiger partial charge in [-0.25, -0.2) is 4.79 Å². The van der Waals surface area contributed by atoms with Gasteiger partial charge in [0.1, 0.15) is 6.61 Å². The summed E-state index contributed by atoms with van der Waals surface area (Å²) in [5.74, 6) is 2.86. The normalized spacial score (nSPS) is 10.5. The summed E-state index contributed by atoms with van der Waals surface area (Å²) in [5.41, 5.74) is 1.64. The van der Waals surface area contributed by atoms with Gasteiger partial charge in [-0.2, -0.15) is 0 Å². The maximum absolute atomic E-state index is 11.5. The molecular weight excluding hydrogens is 502 g/mol. The molecular formula is C20H15Cl2IO4. The average Bonchev–Trinajstić information content (AvgIpc) is 2.66. The third-order valence-corrected chi connectivity index (χ3v) is 4.87. The summed E-state index contributed by atoms with van der Waals surface area (Å²) in [6, 6.07) is 8.93. The fourth-order valence-electron chi connectivity index (χ4n) is 2.09. The van der Waals surface area contributed by atoms with E-state index in [1.165, 1.54) is 6.08 Å². The lowest BCUT2D eigenvalue weighted by molar-refractivity contribution is -0.136. The molecule has 0 amide bonds. The molecule has 0 N–H and O–H groups in total. The van der Waals surface area contributed by atoms with E-state index in [9.17, 15) is 4.79 Å². The Labute approximate surface area is 181 Å². The Morgan fingerprint density at radius 1 is 1.26 bits per heavy atom. The highest BCUT2D eigenvalue weighted by atomic mass is 127. The topological polar surface area (TPSA) is 44.8 Å². The second-order valence-electron chi connectivity index (χ2n) is 5.22. The zero-order valence-electron chi connectivity index (χ0n) is 14.3. The minimum atomic E-state index is -0.512. The highest BCUT2D eigenvalue weighted by molar-refractivity contribution is 14.1. The molecule has 27 heavy (non-hydrogen) atoms. The van der Waals surface area contributed by atoms with E-state index in [-0.39, 0.29) is 6.61 Å². The summed E-state index contributed by atoms with van der Waals surface area (Å²) < 4.78 is 16.9. The maximum Gasteiger partial charge on any atom is 0.331 e. The smallest absolute Gasteiger partial charge is 0.331 e. The van der Waals surface area contributed by atoms with Gasteiger partial charge < -0.3 is 14.2 Å². The SMILES string of the molecule is C#CCOC(=O)/C=C/c1cc(I)c(OCc2ccc(Cl)c(Cl)c2)c(OC)c1. The summed E-state index contributed by atoms with van der Waals surface area (Å²) in [7, 11) is 1.55. The molecule has 4 nitrogen and oxygen atoms in total. The van der Waals surface area contributed by atoms with Gasteiger partial charge in [-0.1, -0.05) is 35.2 Å². The van der Waals surface area contributed by atoms with Gasteiger partial charge >= 0.3 is 5.97 Å². The molecule has 0 aliphatic carbocycles. The highest BCUT2D eigenvalue weighted by Crippen LogP contribution is 2.35. The number of methoxy groups -OCH3 is 1. The number of hydrogen-bond donors (Lipinski definition) is 0. The summed E-state index contributed by atoms with van der Waals surface area (Å²) in [6.07, 6.45) is 7.97. The third-order valence-electron chi connectivity index (χ3n) is 3.33. The zero-order chi connectivity index (χ0) is 19.8. The molecule has 7 heteroatoms. The van der Waals surface area contributed by atoms with E-state index >= 15 is 0 Å². The van der Waals surface area contributed by atoms with Crippen LogP contribution in [0, 0.1) is 15.9 Å². The molecule has 0 radical (unpaired) electrons. The van der Waals surface area contributed by atoms with Crippen molar-refractivity contribution in [3.05, 3.63) is 61.2 Å². The van der Waals surface area contributed by atoms with Crippen molar-refractivity contribution >= 4 is 57.8 Å². The summed E-state index contributed by atoms with van der Waals surface area (Å²) in [5, 5.41) is 0.959. The molecule has 0 spiro atoms. The van der Waals surface area contributed by atoms with Gasteiger partial charge in [-0.15, -0.1) is 6.42 Å². The molecule has 0 bridgehead atoms. The molecule has 2 aromatic carbocycles. The van der Waals surface area contributed by atoms with Crippen molar-refractivity contribution < 1.29 is 19.0 Å². The van der Waals surface area contributed by atoms with E-state index in [0.29, 0.717) is 28.2 Å². The number of ether oxygens (including phenoxy) is 3. The molecule has 0 fully saturated rings. The predicted octanol–water partition coefficient (Wildman–Crippen LogP) is 5.38. The van der Waals surface area contributed by atoms with Crippen LogP contribution in [0.2, 0.25) is 10.0 Å². The van der Waals surface area contributed by atoms with Crippen LogP contribution < -0.4 is 9.47 Å². The van der Waals surface area contributed by atoms with Crippen LogP contribution >= 0.6 is 45.8 Å². The molecule has 0 atom stereocenters. The number of carbonyl (C=O) groups excluding carboxylic acids is 1. The van der Waals surface area contributed by atoms with Crippen molar-refractivity contribution in [1.29, 1.82) is 0 Å². The number of hydrogen-bond acceptors (Lipinski definition) is 4. The number of carbonyl (C=O) groups is 1. The molecule has 0 heterocycles. The molecule has 140 valence electrons. The predicted molar refractivity (Wildman–Crippen MR) is 115 cm³/mol. The third kappa shape index (κ3) is 6.35. The fourth-order valence-corrected chi connectivity index (χ4v) is 3.19. The number of halogens is 3. The van der Waals surface area contributed by atoms with E-state index in [0.717, 1.165) is 14.7 Å². The minimum absolute atomic E-state index is 0.0640. The Hall–Kier alpha value is -1.88. The van der Waals surface area contributed by atoms with E-state index in [4.69, 9.17) is 43.8 Å². The van der Waals surface area contributed by atoms with Crippen LogP contribution in [-0.2, 0) is 16.1 Å². The van der Waals surface area contributed by atoms with Crippen molar-refractivity contribution in [3.63, 3.8) is 0 Å². The van der Waals surface area contributed by atoms with Crippen molar-refractivity contribution in [2.24, 2.45) is 0 Å². The van der Waals surface area contributed by atoms with Crippen molar-refractivity contribution in [2.45, 2.75) is 6.61 Å². The first-order valence-corrected chi connectivity index (χ1v) is 9.50. The molecule has 0 saturated carbocycles. The molecule has 0 aliphatic heterocycles. The Morgan fingerprint density at radius 3 is 2.70 bits per heavy atom.